The van der Waals surface area contributed by atoms with Gasteiger partial charge in [0.1, 0.15) is 17.2 Å². The van der Waals surface area contributed by atoms with Crippen molar-refractivity contribution in [2.24, 2.45) is 17.4 Å². The molecule has 3 aromatic heterocycles. The summed E-state index contributed by atoms with van der Waals surface area (Å²) in [7, 11) is -1.70. The van der Waals surface area contributed by atoms with Gasteiger partial charge >= 0.3 is 0 Å². The van der Waals surface area contributed by atoms with Gasteiger partial charge in [-0.3, -0.25) is 13.9 Å². The second-order valence-corrected chi connectivity index (χ2v) is 19.4. The molecule has 10 bridgehead atoms. The highest BCUT2D eigenvalue weighted by Gasteiger charge is 2.61. The number of fused-ring (bicyclic) bond motifs is 7. The Kier molecular flexibility index (Phi) is 12.7. The lowest BCUT2D eigenvalue weighted by Crippen LogP contribution is -2.40. The van der Waals surface area contributed by atoms with Crippen molar-refractivity contribution in [1.82, 2.24) is 19.6 Å². The number of nitrogens with one attached hydrogen (secondary N) is 2. The highest BCUT2D eigenvalue weighted by Crippen LogP contribution is 2.62. The van der Waals surface area contributed by atoms with Gasteiger partial charge in [0.05, 0.1) is 24.9 Å². The van der Waals surface area contributed by atoms with E-state index < -0.39 is 32.3 Å². The van der Waals surface area contributed by atoms with Gasteiger partial charge in [0.2, 0.25) is 24.1 Å². The van der Waals surface area contributed by atoms with Crippen molar-refractivity contribution in [3.05, 3.63) is 167 Å². The number of nitrogens with zero attached hydrogens (tertiary/aromatic N) is 3. The largest absolute Gasteiger partial charge is 0.469 e. The third-order valence-electron chi connectivity index (χ3n) is 13.1. The van der Waals surface area contributed by atoms with Crippen LogP contribution in [0.1, 0.15) is 86.0 Å². The molecule has 12 rings (SSSR count). The van der Waals surface area contributed by atoms with Crippen LogP contribution in [0.3, 0.4) is 0 Å². The number of amides is 2. The summed E-state index contributed by atoms with van der Waals surface area (Å²) < 4.78 is 36.3. The van der Waals surface area contributed by atoms with E-state index in [1.165, 1.54) is 6.42 Å². The predicted octanol–water partition coefficient (Wildman–Crippen LogP) is 10.5. The molecule has 0 fully saturated rings. The minimum absolute atomic E-state index is 0.151. The van der Waals surface area contributed by atoms with Gasteiger partial charge in [0, 0.05) is 52.0 Å². The second-order valence-electron chi connectivity index (χ2n) is 18.0. The van der Waals surface area contributed by atoms with Crippen molar-refractivity contribution in [2.75, 3.05) is 5.32 Å². The average molecular weight is 944 g/mol. The number of rotatable bonds is 9. The summed E-state index contributed by atoms with van der Waals surface area (Å²) in [5.74, 6) is 2.99. The van der Waals surface area contributed by atoms with Gasteiger partial charge in [0.15, 0.2) is 23.4 Å². The average Bonchev–Trinajstić information content (AvgIpc) is 4.20. The molecule has 0 aliphatic carbocycles. The molecule has 352 valence electrons. The number of ether oxygens (including phenoxy) is 1. The molecule has 1 spiro atoms. The van der Waals surface area contributed by atoms with Gasteiger partial charge in [-0.15, -0.1) is 0 Å². The van der Waals surface area contributed by atoms with Gasteiger partial charge in [-0.2, -0.15) is 0 Å². The fraction of sp³-hybridized carbons (Fsp3) is 0.259. The summed E-state index contributed by atoms with van der Waals surface area (Å²) in [6, 6.07) is 37.8. The Labute approximate surface area is 401 Å². The minimum Gasteiger partial charge on any atom is -0.469 e. The lowest BCUT2D eigenvalue weighted by molar-refractivity contribution is -0.122. The lowest BCUT2D eigenvalue weighted by Gasteiger charge is -2.28. The Bertz CT molecular complexity index is 3110. The highest BCUT2D eigenvalue weighted by molar-refractivity contribution is 7.45. The Morgan fingerprint density at radius 3 is 2.22 bits per heavy atom. The quantitative estimate of drug-likeness (QED) is 0.0794. The second kappa shape index (κ2) is 19.1. The fourth-order valence-electron chi connectivity index (χ4n) is 9.38. The molecular weight excluding hydrogens is 890 g/mol. The van der Waals surface area contributed by atoms with Gasteiger partial charge in [-0.1, -0.05) is 130 Å². The molecule has 0 saturated heterocycles. The summed E-state index contributed by atoms with van der Waals surface area (Å²) in [5.41, 5.74) is 19.6. The van der Waals surface area contributed by atoms with Crippen LogP contribution in [0.15, 0.2) is 136 Å². The number of anilines is 1. The minimum atomic E-state index is -1.70. The fourth-order valence-corrected chi connectivity index (χ4v) is 10.8. The number of benzene rings is 5. The molecule has 0 saturated carbocycles. The maximum Gasteiger partial charge on any atom is 0.295 e. The maximum absolute atomic E-state index is 13.4. The number of hydrogen-bond donors (Lipinski definition) is 4. The summed E-state index contributed by atoms with van der Waals surface area (Å²) in [5, 5.41) is 7.89. The van der Waals surface area contributed by atoms with Crippen LogP contribution in [0.25, 0.3) is 44.9 Å². The van der Waals surface area contributed by atoms with Crippen molar-refractivity contribution in [3.8, 4) is 39.8 Å². The first-order chi connectivity index (χ1) is 33.6. The number of oxazole rings is 2. The number of carbonyl (C=O) groups is 2. The molecular formula is C54H54N7O7P. The SMILES string of the molecule is CC(N)C1NC(=O)CCc2ccc3c(c2)C24c5cccc(c5NC2O3)-c2cccc3c2c(cn3P(OCc2ccccc2)OCc2ccccc2)-c2cnc(o2)-c2nc1oc24.CCC(C)C.NC=O. The van der Waals surface area contributed by atoms with Crippen molar-refractivity contribution in [3.63, 3.8) is 0 Å². The number of carbonyl (C=O) groups excluding carboxylic acids is 2. The van der Waals surface area contributed by atoms with Crippen LogP contribution in [0.2, 0.25) is 0 Å². The van der Waals surface area contributed by atoms with E-state index in [1.54, 1.807) is 6.20 Å². The molecule has 4 aliphatic rings. The van der Waals surface area contributed by atoms with Crippen LogP contribution >= 0.6 is 8.53 Å². The highest BCUT2D eigenvalue weighted by atomic mass is 31.2. The Morgan fingerprint density at radius 2 is 1.54 bits per heavy atom. The van der Waals surface area contributed by atoms with Crippen LogP contribution in [0.4, 0.5) is 5.69 Å². The zero-order chi connectivity index (χ0) is 47.8. The van der Waals surface area contributed by atoms with E-state index in [2.05, 4.69) is 83.9 Å². The Morgan fingerprint density at radius 1 is 0.855 bits per heavy atom. The molecule has 6 N–H and O–H groups in total. The molecule has 14 nitrogen and oxygen atoms in total. The molecule has 69 heavy (non-hydrogen) atoms. The summed E-state index contributed by atoms with van der Waals surface area (Å²) in [6.45, 7) is 9.18. The summed E-state index contributed by atoms with van der Waals surface area (Å²) in [4.78, 5) is 32.1. The van der Waals surface area contributed by atoms with Crippen molar-refractivity contribution < 1.29 is 32.2 Å². The number of aromatic nitrogens is 3. The molecule has 4 aliphatic heterocycles. The number of aryl methyl sites for hydroxylation is 1. The molecule has 7 heterocycles. The van der Waals surface area contributed by atoms with Gasteiger partial charge < -0.3 is 44.7 Å². The van der Waals surface area contributed by atoms with E-state index in [0.29, 0.717) is 42.6 Å². The molecule has 0 radical (unpaired) electrons. The smallest absolute Gasteiger partial charge is 0.295 e. The summed E-state index contributed by atoms with van der Waals surface area (Å²) >= 11 is 0. The zero-order valence-corrected chi connectivity index (χ0v) is 39.7. The van der Waals surface area contributed by atoms with Crippen molar-refractivity contribution in [2.45, 2.75) is 83.9 Å². The first-order valence-corrected chi connectivity index (χ1v) is 24.4. The topological polar surface area (TPSA) is 195 Å². The normalized spacial score (nSPS) is 18.3. The Balaban J connectivity index is 0.000000645. The third-order valence-corrected chi connectivity index (χ3v) is 14.4. The van der Waals surface area contributed by atoms with E-state index >= 15 is 0 Å². The van der Waals surface area contributed by atoms with E-state index in [4.69, 9.17) is 43.1 Å². The number of para-hydroxylation sites is 1. The van der Waals surface area contributed by atoms with Crippen LogP contribution in [-0.4, -0.2) is 38.9 Å². The number of primary amides is 1. The van der Waals surface area contributed by atoms with Crippen molar-refractivity contribution >= 4 is 37.4 Å². The molecule has 2 amide bonds. The van der Waals surface area contributed by atoms with E-state index in [1.807, 2.05) is 85.9 Å². The van der Waals surface area contributed by atoms with Crippen LogP contribution in [0.5, 0.6) is 5.75 Å². The standard InChI is InChI=1S/C48H39N6O6P.C5H12.CH3NO/c1-27(49)41-46-52-43-44(60-46)48-34-16-8-15-32(42(34)53-47(48)59-37-20-18-28(22-35(37)48)19-21-39(55)51-41)31-14-9-17-36-40(31)33(38-23-50-45(43)58-38)24-54(36)61(56-25-29-10-4-2-5-11-29)57-26-30-12-6-3-7-13-30;1-4-5(2)3;2-1-3/h2-18,20,22-24,27,41,47,53H,19,21,25-26,49H2,1H3,(H,51,55);5H,4H2,1-3H3;1H,(H2,2,3). The van der Waals surface area contributed by atoms with Gasteiger partial charge in [0.25, 0.3) is 8.53 Å². The van der Waals surface area contributed by atoms with E-state index in [0.717, 1.165) is 67.0 Å². The zero-order valence-electron chi connectivity index (χ0n) is 38.8. The first kappa shape index (κ1) is 45.7. The predicted molar refractivity (Wildman–Crippen MR) is 266 cm³/mol. The van der Waals surface area contributed by atoms with Crippen LogP contribution in [0, 0.1) is 5.92 Å². The molecule has 15 heteroatoms. The van der Waals surface area contributed by atoms with Gasteiger partial charge in [-0.05, 0) is 53.6 Å². The lowest BCUT2D eigenvalue weighted by atomic mass is 9.72. The van der Waals surface area contributed by atoms with Crippen molar-refractivity contribution in [1.29, 1.82) is 0 Å². The third kappa shape index (κ3) is 8.27. The van der Waals surface area contributed by atoms with Gasteiger partial charge in [-0.25, -0.2) is 9.97 Å². The molecule has 4 atom stereocenters. The van der Waals surface area contributed by atoms with E-state index in [-0.39, 0.29) is 30.5 Å². The first-order valence-electron chi connectivity index (χ1n) is 23.3. The molecule has 5 aromatic carbocycles. The van der Waals surface area contributed by atoms with E-state index in [9.17, 15) is 4.79 Å². The summed E-state index contributed by atoms with van der Waals surface area (Å²) in [6.07, 6.45) is 5.52. The Hall–Kier alpha value is -7.09. The number of hydrogen-bond acceptors (Lipinski definition) is 11. The number of nitrogens with two attached hydrogens (primary N) is 2. The maximum atomic E-state index is 13.4. The van der Waals surface area contributed by atoms with Crippen LogP contribution in [-0.2, 0) is 43.7 Å². The monoisotopic (exact) mass is 943 g/mol. The molecule has 8 aromatic rings. The molecule has 4 unspecified atom stereocenters. The van der Waals surface area contributed by atoms with Crippen LogP contribution < -0.4 is 26.8 Å².